The SMILES string of the molecule is O=C1CCc2cc(O)cnc2N1. The third kappa shape index (κ3) is 1.11. The van der Waals surface area contributed by atoms with Crippen LogP contribution in [0.4, 0.5) is 5.82 Å². The van der Waals surface area contributed by atoms with Gasteiger partial charge in [-0.2, -0.15) is 0 Å². The fourth-order valence-corrected chi connectivity index (χ4v) is 1.24. The summed E-state index contributed by atoms with van der Waals surface area (Å²) in [7, 11) is 0. The lowest BCUT2D eigenvalue weighted by Crippen LogP contribution is -2.19. The van der Waals surface area contributed by atoms with E-state index in [-0.39, 0.29) is 11.7 Å². The Morgan fingerprint density at radius 2 is 2.33 bits per heavy atom. The van der Waals surface area contributed by atoms with E-state index < -0.39 is 0 Å². The second kappa shape index (κ2) is 2.48. The van der Waals surface area contributed by atoms with Gasteiger partial charge in [-0.15, -0.1) is 0 Å². The molecular weight excluding hydrogens is 156 g/mol. The number of amides is 1. The Morgan fingerprint density at radius 1 is 1.50 bits per heavy atom. The predicted molar refractivity (Wildman–Crippen MR) is 42.9 cm³/mol. The molecule has 0 fully saturated rings. The monoisotopic (exact) mass is 164 g/mol. The zero-order valence-corrected chi connectivity index (χ0v) is 6.37. The van der Waals surface area contributed by atoms with Crippen LogP contribution in [0.2, 0.25) is 0 Å². The molecule has 1 aliphatic rings. The van der Waals surface area contributed by atoms with Crippen LogP contribution in [0.5, 0.6) is 5.75 Å². The highest BCUT2D eigenvalue weighted by Gasteiger charge is 2.15. The van der Waals surface area contributed by atoms with Crippen molar-refractivity contribution >= 4 is 11.7 Å². The van der Waals surface area contributed by atoms with Crippen LogP contribution in [0.25, 0.3) is 0 Å². The molecule has 0 unspecified atom stereocenters. The first-order chi connectivity index (χ1) is 5.75. The molecule has 12 heavy (non-hydrogen) atoms. The van der Waals surface area contributed by atoms with Crippen LogP contribution in [0.15, 0.2) is 12.3 Å². The fraction of sp³-hybridized carbons (Fsp3) is 0.250. The number of rotatable bonds is 0. The van der Waals surface area contributed by atoms with Gasteiger partial charge in [-0.25, -0.2) is 4.98 Å². The summed E-state index contributed by atoms with van der Waals surface area (Å²) < 4.78 is 0. The Hall–Kier alpha value is -1.58. The van der Waals surface area contributed by atoms with Gasteiger partial charge < -0.3 is 10.4 Å². The van der Waals surface area contributed by atoms with Crippen molar-refractivity contribution in [2.24, 2.45) is 0 Å². The molecule has 0 aromatic carbocycles. The Balaban J connectivity index is 2.43. The molecule has 0 atom stereocenters. The van der Waals surface area contributed by atoms with E-state index in [1.807, 2.05) is 0 Å². The van der Waals surface area contributed by atoms with Crippen molar-refractivity contribution in [3.8, 4) is 5.75 Å². The Morgan fingerprint density at radius 3 is 3.17 bits per heavy atom. The van der Waals surface area contributed by atoms with E-state index in [9.17, 15) is 4.79 Å². The number of anilines is 1. The lowest BCUT2D eigenvalue weighted by atomic mass is 10.1. The van der Waals surface area contributed by atoms with Gasteiger partial charge in [-0.3, -0.25) is 4.79 Å². The van der Waals surface area contributed by atoms with Gasteiger partial charge in [0, 0.05) is 6.42 Å². The average molecular weight is 164 g/mol. The molecule has 1 aliphatic heterocycles. The molecule has 2 heterocycles. The molecule has 4 nitrogen and oxygen atoms in total. The van der Waals surface area contributed by atoms with E-state index in [1.165, 1.54) is 6.20 Å². The second-order valence-electron chi connectivity index (χ2n) is 2.75. The summed E-state index contributed by atoms with van der Waals surface area (Å²) in [4.78, 5) is 14.8. The molecule has 4 heteroatoms. The molecule has 0 aliphatic carbocycles. The number of nitrogens with one attached hydrogen (secondary N) is 1. The van der Waals surface area contributed by atoms with Crippen LogP contribution >= 0.6 is 0 Å². The zero-order valence-electron chi connectivity index (χ0n) is 6.37. The quantitative estimate of drug-likeness (QED) is 0.592. The smallest absolute Gasteiger partial charge is 0.225 e. The minimum absolute atomic E-state index is 0.0133. The molecule has 0 saturated carbocycles. The van der Waals surface area contributed by atoms with Crippen molar-refractivity contribution in [1.82, 2.24) is 4.98 Å². The van der Waals surface area contributed by atoms with E-state index in [0.29, 0.717) is 18.7 Å². The number of aromatic nitrogens is 1. The summed E-state index contributed by atoms with van der Waals surface area (Å²) in [6.45, 7) is 0. The Labute approximate surface area is 69.2 Å². The molecule has 0 spiro atoms. The van der Waals surface area contributed by atoms with E-state index in [0.717, 1.165) is 5.56 Å². The lowest BCUT2D eigenvalue weighted by Gasteiger charge is -2.14. The van der Waals surface area contributed by atoms with Crippen LogP contribution < -0.4 is 5.32 Å². The van der Waals surface area contributed by atoms with Crippen LogP contribution in [-0.4, -0.2) is 16.0 Å². The molecule has 2 rings (SSSR count). The molecule has 0 bridgehead atoms. The topological polar surface area (TPSA) is 62.2 Å². The van der Waals surface area contributed by atoms with Gasteiger partial charge in [0.05, 0.1) is 6.20 Å². The van der Waals surface area contributed by atoms with Crippen LogP contribution in [0, 0.1) is 0 Å². The average Bonchev–Trinajstić information content (AvgIpc) is 2.05. The largest absolute Gasteiger partial charge is 0.506 e. The lowest BCUT2D eigenvalue weighted by molar-refractivity contribution is -0.116. The van der Waals surface area contributed by atoms with Gasteiger partial charge in [0.1, 0.15) is 11.6 Å². The predicted octanol–water partition coefficient (Wildman–Crippen LogP) is 0.672. The minimum atomic E-state index is -0.0133. The van der Waals surface area contributed by atoms with E-state index >= 15 is 0 Å². The summed E-state index contributed by atoms with van der Waals surface area (Å²) in [5.74, 6) is 0.703. The van der Waals surface area contributed by atoms with Crippen molar-refractivity contribution in [2.75, 3.05) is 5.32 Å². The van der Waals surface area contributed by atoms with Crippen molar-refractivity contribution in [3.05, 3.63) is 17.8 Å². The zero-order chi connectivity index (χ0) is 8.55. The van der Waals surface area contributed by atoms with Crippen LogP contribution in [0.1, 0.15) is 12.0 Å². The number of fused-ring (bicyclic) bond motifs is 1. The van der Waals surface area contributed by atoms with Crippen LogP contribution in [-0.2, 0) is 11.2 Å². The highest BCUT2D eigenvalue weighted by atomic mass is 16.3. The second-order valence-corrected chi connectivity index (χ2v) is 2.75. The molecule has 1 amide bonds. The standard InChI is InChI=1S/C8H8N2O2/c11-6-3-5-1-2-7(12)10-8(5)9-4-6/h3-4,11H,1-2H2,(H,9,10,12). The third-order valence-electron chi connectivity index (χ3n) is 1.83. The molecule has 1 aromatic heterocycles. The Kier molecular flexibility index (Phi) is 1.46. The van der Waals surface area contributed by atoms with Gasteiger partial charge >= 0.3 is 0 Å². The molecule has 2 N–H and O–H groups in total. The number of hydrogen-bond acceptors (Lipinski definition) is 3. The summed E-state index contributed by atoms with van der Waals surface area (Å²) in [6, 6.07) is 1.63. The van der Waals surface area contributed by atoms with Crippen molar-refractivity contribution in [3.63, 3.8) is 0 Å². The number of pyridine rings is 1. The van der Waals surface area contributed by atoms with Crippen molar-refractivity contribution < 1.29 is 9.90 Å². The van der Waals surface area contributed by atoms with E-state index in [2.05, 4.69) is 10.3 Å². The number of carbonyl (C=O) groups excluding carboxylic acids is 1. The number of hydrogen-bond donors (Lipinski definition) is 2. The molecule has 0 saturated heterocycles. The van der Waals surface area contributed by atoms with Gasteiger partial charge in [0.2, 0.25) is 5.91 Å². The van der Waals surface area contributed by atoms with Gasteiger partial charge in [0.25, 0.3) is 0 Å². The summed E-state index contributed by atoms with van der Waals surface area (Å²) in [5, 5.41) is 11.7. The molecular formula is C8H8N2O2. The maximum absolute atomic E-state index is 10.9. The number of aryl methyl sites for hydroxylation is 1. The summed E-state index contributed by atoms with van der Waals surface area (Å²) in [5.41, 5.74) is 0.898. The first-order valence-electron chi connectivity index (χ1n) is 3.73. The van der Waals surface area contributed by atoms with Gasteiger partial charge in [-0.05, 0) is 18.1 Å². The third-order valence-corrected chi connectivity index (χ3v) is 1.83. The Bertz CT molecular complexity index is 336. The fourth-order valence-electron chi connectivity index (χ4n) is 1.24. The summed E-state index contributed by atoms with van der Waals surface area (Å²) >= 11 is 0. The van der Waals surface area contributed by atoms with Crippen LogP contribution in [0.3, 0.4) is 0 Å². The maximum Gasteiger partial charge on any atom is 0.225 e. The van der Waals surface area contributed by atoms with E-state index in [4.69, 9.17) is 5.11 Å². The van der Waals surface area contributed by atoms with Gasteiger partial charge in [-0.1, -0.05) is 0 Å². The first-order valence-corrected chi connectivity index (χ1v) is 3.73. The number of carbonyl (C=O) groups is 1. The number of aromatic hydroxyl groups is 1. The van der Waals surface area contributed by atoms with Crippen molar-refractivity contribution in [1.29, 1.82) is 0 Å². The van der Waals surface area contributed by atoms with Crippen molar-refractivity contribution in [2.45, 2.75) is 12.8 Å². The first kappa shape index (κ1) is 7.09. The highest BCUT2D eigenvalue weighted by Crippen LogP contribution is 2.22. The molecule has 1 aromatic rings. The highest BCUT2D eigenvalue weighted by molar-refractivity contribution is 5.92. The van der Waals surface area contributed by atoms with Gasteiger partial charge in [0.15, 0.2) is 0 Å². The normalized spacial score (nSPS) is 15.2. The minimum Gasteiger partial charge on any atom is -0.506 e. The molecule has 62 valence electrons. The summed E-state index contributed by atoms with van der Waals surface area (Å²) in [6.07, 6.45) is 2.45. The maximum atomic E-state index is 10.9. The molecule has 0 radical (unpaired) electrons. The van der Waals surface area contributed by atoms with E-state index in [1.54, 1.807) is 6.07 Å². The number of nitrogens with zero attached hydrogens (tertiary/aromatic N) is 1.